The Morgan fingerprint density at radius 3 is 2.56 bits per heavy atom. The topological polar surface area (TPSA) is 42.4 Å². The Morgan fingerprint density at radius 2 is 1.94 bits per heavy atom. The molecule has 0 bridgehead atoms. The first-order chi connectivity index (χ1) is 8.61. The van der Waals surface area contributed by atoms with Crippen LogP contribution in [0, 0.1) is 13.8 Å². The number of aliphatic hydroxyl groups is 1. The molecular weight excluding hydrogens is 250 g/mol. The van der Waals surface area contributed by atoms with Crippen molar-refractivity contribution < 1.29 is 9.84 Å². The van der Waals surface area contributed by atoms with Crippen LogP contribution in [0.4, 0.5) is 0 Å². The van der Waals surface area contributed by atoms with E-state index in [9.17, 15) is 5.11 Å². The third kappa shape index (κ3) is 2.63. The molecule has 0 aliphatic carbocycles. The van der Waals surface area contributed by atoms with Gasteiger partial charge in [0.15, 0.2) is 5.75 Å². The van der Waals surface area contributed by atoms with Crippen molar-refractivity contribution in [1.82, 2.24) is 4.98 Å². The minimum Gasteiger partial charge on any atom is -0.455 e. The van der Waals surface area contributed by atoms with Gasteiger partial charge in [0.1, 0.15) is 5.75 Å². The molecule has 1 heterocycles. The quantitative estimate of drug-likeness (QED) is 0.919. The van der Waals surface area contributed by atoms with Crippen LogP contribution in [-0.4, -0.2) is 10.1 Å². The van der Waals surface area contributed by atoms with E-state index in [1.807, 2.05) is 26.0 Å². The van der Waals surface area contributed by atoms with Gasteiger partial charge in [-0.2, -0.15) is 0 Å². The fourth-order valence-corrected chi connectivity index (χ4v) is 1.83. The van der Waals surface area contributed by atoms with Gasteiger partial charge in [0.25, 0.3) is 0 Å². The lowest BCUT2D eigenvalue weighted by atomic mass is 10.1. The molecule has 0 amide bonds. The van der Waals surface area contributed by atoms with E-state index in [0.717, 1.165) is 16.1 Å². The lowest BCUT2D eigenvalue weighted by molar-refractivity contribution is 0.276. The maximum atomic E-state index is 9.22. The molecule has 0 saturated heterocycles. The average Bonchev–Trinajstić information content (AvgIpc) is 2.36. The molecule has 0 saturated carbocycles. The summed E-state index contributed by atoms with van der Waals surface area (Å²) in [6.07, 6.45) is 3.21. The molecule has 0 unspecified atom stereocenters. The molecule has 0 atom stereocenters. The first-order valence-corrected chi connectivity index (χ1v) is 5.98. The number of benzene rings is 1. The molecule has 1 N–H and O–H groups in total. The van der Waals surface area contributed by atoms with Gasteiger partial charge in [0.05, 0.1) is 12.8 Å². The van der Waals surface area contributed by atoms with E-state index in [-0.39, 0.29) is 6.61 Å². The van der Waals surface area contributed by atoms with E-state index in [1.165, 1.54) is 0 Å². The second-order valence-electron chi connectivity index (χ2n) is 4.11. The van der Waals surface area contributed by atoms with Crippen LogP contribution in [0.5, 0.6) is 11.5 Å². The zero-order valence-electron chi connectivity index (χ0n) is 10.3. The van der Waals surface area contributed by atoms with Crippen molar-refractivity contribution in [3.63, 3.8) is 0 Å². The Balaban J connectivity index is 2.34. The standard InChI is InChI=1S/C14H14ClNO2/c1-9-5-12(6-10(2)14(9)15)18-13-7-16-4-3-11(13)8-17/h3-7,17H,8H2,1-2H3. The molecule has 94 valence electrons. The minimum absolute atomic E-state index is 0.0800. The zero-order chi connectivity index (χ0) is 13.1. The van der Waals surface area contributed by atoms with E-state index in [0.29, 0.717) is 17.1 Å². The molecular formula is C14H14ClNO2. The molecule has 4 heteroatoms. The number of pyridine rings is 1. The Bertz CT molecular complexity index is 546. The van der Waals surface area contributed by atoms with Gasteiger partial charge in [0.2, 0.25) is 0 Å². The van der Waals surface area contributed by atoms with Crippen LogP contribution in [0.3, 0.4) is 0 Å². The van der Waals surface area contributed by atoms with Gasteiger partial charge >= 0.3 is 0 Å². The summed E-state index contributed by atoms with van der Waals surface area (Å²) in [6.45, 7) is 3.78. The number of aliphatic hydroxyl groups excluding tert-OH is 1. The van der Waals surface area contributed by atoms with Crippen LogP contribution >= 0.6 is 11.6 Å². The summed E-state index contributed by atoms with van der Waals surface area (Å²) >= 11 is 6.10. The van der Waals surface area contributed by atoms with Crippen molar-refractivity contribution in [1.29, 1.82) is 0 Å². The predicted octanol–water partition coefficient (Wildman–Crippen LogP) is 3.64. The highest BCUT2D eigenvalue weighted by Gasteiger charge is 2.07. The number of aromatic nitrogens is 1. The highest BCUT2D eigenvalue weighted by molar-refractivity contribution is 6.32. The monoisotopic (exact) mass is 263 g/mol. The van der Waals surface area contributed by atoms with Crippen molar-refractivity contribution in [3.05, 3.63) is 52.3 Å². The number of hydrogen-bond donors (Lipinski definition) is 1. The third-order valence-corrected chi connectivity index (χ3v) is 3.27. The zero-order valence-corrected chi connectivity index (χ0v) is 11.0. The molecule has 2 rings (SSSR count). The molecule has 18 heavy (non-hydrogen) atoms. The summed E-state index contributed by atoms with van der Waals surface area (Å²) in [5.74, 6) is 1.25. The Hall–Kier alpha value is -1.58. The molecule has 0 spiro atoms. The molecule has 3 nitrogen and oxygen atoms in total. The number of aryl methyl sites for hydroxylation is 2. The lowest BCUT2D eigenvalue weighted by Crippen LogP contribution is -1.93. The van der Waals surface area contributed by atoms with Gasteiger partial charge in [-0.15, -0.1) is 0 Å². The van der Waals surface area contributed by atoms with Gasteiger partial charge in [-0.1, -0.05) is 11.6 Å². The maximum absolute atomic E-state index is 9.22. The third-order valence-electron chi connectivity index (χ3n) is 2.68. The second kappa shape index (κ2) is 5.38. The van der Waals surface area contributed by atoms with Crippen LogP contribution in [0.1, 0.15) is 16.7 Å². The van der Waals surface area contributed by atoms with Gasteiger partial charge in [-0.05, 0) is 43.2 Å². The van der Waals surface area contributed by atoms with E-state index in [1.54, 1.807) is 18.5 Å². The number of nitrogens with zero attached hydrogens (tertiary/aromatic N) is 1. The molecule has 2 aromatic rings. The summed E-state index contributed by atoms with van der Waals surface area (Å²) in [7, 11) is 0. The lowest BCUT2D eigenvalue weighted by Gasteiger charge is -2.11. The summed E-state index contributed by atoms with van der Waals surface area (Å²) in [6, 6.07) is 5.46. The molecule has 0 aliphatic heterocycles. The van der Waals surface area contributed by atoms with Crippen LogP contribution in [0.25, 0.3) is 0 Å². The van der Waals surface area contributed by atoms with Crippen LogP contribution in [0.15, 0.2) is 30.6 Å². The Kier molecular flexibility index (Phi) is 3.84. The van der Waals surface area contributed by atoms with Crippen molar-refractivity contribution >= 4 is 11.6 Å². The number of hydrogen-bond acceptors (Lipinski definition) is 3. The summed E-state index contributed by atoms with van der Waals surface area (Å²) in [5, 5.41) is 9.97. The highest BCUT2D eigenvalue weighted by Crippen LogP contribution is 2.30. The van der Waals surface area contributed by atoms with E-state index in [2.05, 4.69) is 4.98 Å². The normalized spacial score (nSPS) is 10.4. The largest absolute Gasteiger partial charge is 0.455 e. The minimum atomic E-state index is -0.0800. The van der Waals surface area contributed by atoms with Crippen molar-refractivity contribution in [3.8, 4) is 11.5 Å². The fourth-order valence-electron chi connectivity index (χ4n) is 1.72. The first-order valence-electron chi connectivity index (χ1n) is 5.60. The number of ether oxygens (including phenoxy) is 1. The van der Waals surface area contributed by atoms with E-state index < -0.39 is 0 Å². The molecule has 1 aromatic heterocycles. The SMILES string of the molecule is Cc1cc(Oc2cnccc2CO)cc(C)c1Cl. The second-order valence-corrected chi connectivity index (χ2v) is 4.49. The summed E-state index contributed by atoms with van der Waals surface area (Å²) in [4.78, 5) is 3.99. The Morgan fingerprint density at radius 1 is 1.28 bits per heavy atom. The van der Waals surface area contributed by atoms with Gasteiger partial charge in [-0.25, -0.2) is 0 Å². The summed E-state index contributed by atoms with van der Waals surface area (Å²) in [5.41, 5.74) is 2.62. The van der Waals surface area contributed by atoms with Crippen molar-refractivity contribution in [2.24, 2.45) is 0 Å². The number of rotatable bonds is 3. The maximum Gasteiger partial charge on any atom is 0.151 e. The molecule has 1 aromatic carbocycles. The molecule has 0 aliphatic rings. The Labute approximate surface area is 111 Å². The molecule has 0 radical (unpaired) electrons. The average molecular weight is 264 g/mol. The van der Waals surface area contributed by atoms with Crippen molar-refractivity contribution in [2.45, 2.75) is 20.5 Å². The van der Waals surface area contributed by atoms with E-state index >= 15 is 0 Å². The predicted molar refractivity (Wildman–Crippen MR) is 71.2 cm³/mol. The highest BCUT2D eigenvalue weighted by atomic mass is 35.5. The first kappa shape index (κ1) is 12.9. The van der Waals surface area contributed by atoms with Gasteiger partial charge in [0, 0.05) is 16.8 Å². The van der Waals surface area contributed by atoms with Crippen LogP contribution in [0.2, 0.25) is 5.02 Å². The van der Waals surface area contributed by atoms with Crippen LogP contribution in [-0.2, 0) is 6.61 Å². The van der Waals surface area contributed by atoms with Crippen LogP contribution < -0.4 is 4.74 Å². The van der Waals surface area contributed by atoms with Gasteiger partial charge in [-0.3, -0.25) is 4.98 Å². The fraction of sp³-hybridized carbons (Fsp3) is 0.214. The molecule has 0 fully saturated rings. The number of halogens is 1. The summed E-state index contributed by atoms with van der Waals surface area (Å²) < 4.78 is 5.74. The smallest absolute Gasteiger partial charge is 0.151 e. The van der Waals surface area contributed by atoms with Crippen molar-refractivity contribution in [2.75, 3.05) is 0 Å². The van der Waals surface area contributed by atoms with E-state index in [4.69, 9.17) is 16.3 Å². The van der Waals surface area contributed by atoms with Gasteiger partial charge < -0.3 is 9.84 Å².